The number of fused-ring (bicyclic) bond motifs is 1. The van der Waals surface area contributed by atoms with Crippen molar-refractivity contribution in [2.24, 2.45) is 0 Å². The van der Waals surface area contributed by atoms with Crippen molar-refractivity contribution in [3.05, 3.63) is 59.7 Å². The number of halogens is 3. The summed E-state index contributed by atoms with van der Waals surface area (Å²) >= 11 is 0. The average molecular weight is 365 g/mol. The van der Waals surface area contributed by atoms with Gasteiger partial charge >= 0.3 is 12.1 Å². The van der Waals surface area contributed by atoms with Crippen LogP contribution >= 0.6 is 0 Å². The number of hydrogen-bond acceptors (Lipinski definition) is 4. The van der Waals surface area contributed by atoms with Gasteiger partial charge < -0.3 is 14.4 Å². The highest BCUT2D eigenvalue weighted by Crippen LogP contribution is 2.35. The lowest BCUT2D eigenvalue weighted by Crippen LogP contribution is -2.47. The fourth-order valence-electron chi connectivity index (χ4n) is 2.67. The Labute approximate surface area is 146 Å². The van der Waals surface area contributed by atoms with E-state index in [-0.39, 0.29) is 17.9 Å². The van der Waals surface area contributed by atoms with Crippen LogP contribution in [0.5, 0.6) is 5.75 Å². The fourth-order valence-corrected chi connectivity index (χ4v) is 2.67. The van der Waals surface area contributed by atoms with Crippen LogP contribution in [0.2, 0.25) is 0 Å². The Morgan fingerprint density at radius 1 is 1.15 bits per heavy atom. The van der Waals surface area contributed by atoms with Crippen LogP contribution in [0.25, 0.3) is 0 Å². The molecular weight excluding hydrogens is 351 g/mol. The minimum Gasteiger partial charge on any atom is -0.475 e. The number of amides is 1. The summed E-state index contributed by atoms with van der Waals surface area (Å²) in [7, 11) is 1.19. The third kappa shape index (κ3) is 3.35. The van der Waals surface area contributed by atoms with Crippen LogP contribution in [0, 0.1) is 0 Å². The van der Waals surface area contributed by atoms with Crippen molar-refractivity contribution in [1.29, 1.82) is 0 Å². The molecule has 136 valence electrons. The zero-order valence-corrected chi connectivity index (χ0v) is 13.6. The summed E-state index contributed by atoms with van der Waals surface area (Å²) in [4.78, 5) is 25.9. The maximum Gasteiger partial charge on any atom is 0.416 e. The SMILES string of the molecule is COC(=O)[C@@H]1CN(C(=O)c2cccc(C(F)(F)F)c2)c2ccccc2O1. The molecule has 0 aromatic heterocycles. The summed E-state index contributed by atoms with van der Waals surface area (Å²) in [5.41, 5.74) is -0.690. The molecule has 1 aliphatic rings. The van der Waals surface area contributed by atoms with Crippen LogP contribution in [0.3, 0.4) is 0 Å². The van der Waals surface area contributed by atoms with E-state index in [4.69, 9.17) is 4.74 Å². The third-order valence-electron chi connectivity index (χ3n) is 3.92. The molecule has 0 spiro atoms. The molecular formula is C18H14F3NO4. The molecule has 0 fully saturated rings. The summed E-state index contributed by atoms with van der Waals surface area (Å²) in [6.07, 6.45) is -5.63. The maximum absolute atomic E-state index is 12.9. The molecule has 2 aromatic rings. The van der Waals surface area contributed by atoms with Crippen LogP contribution in [0.4, 0.5) is 18.9 Å². The highest BCUT2D eigenvalue weighted by molar-refractivity contribution is 6.07. The molecule has 0 aliphatic carbocycles. The molecule has 0 unspecified atom stereocenters. The van der Waals surface area contributed by atoms with Crippen molar-refractivity contribution in [1.82, 2.24) is 0 Å². The topological polar surface area (TPSA) is 55.8 Å². The molecule has 0 N–H and O–H groups in total. The van der Waals surface area contributed by atoms with Gasteiger partial charge in [-0.25, -0.2) is 4.79 Å². The summed E-state index contributed by atoms with van der Waals surface area (Å²) in [6, 6.07) is 10.6. The number of carbonyl (C=O) groups excluding carboxylic acids is 2. The van der Waals surface area contributed by atoms with Crippen molar-refractivity contribution in [2.75, 3.05) is 18.6 Å². The van der Waals surface area contributed by atoms with Gasteiger partial charge in [-0.2, -0.15) is 13.2 Å². The van der Waals surface area contributed by atoms with Crippen LogP contribution in [-0.4, -0.2) is 31.6 Å². The van der Waals surface area contributed by atoms with Gasteiger partial charge in [0.05, 0.1) is 24.9 Å². The molecule has 26 heavy (non-hydrogen) atoms. The van der Waals surface area contributed by atoms with Crippen molar-refractivity contribution in [2.45, 2.75) is 12.3 Å². The summed E-state index contributed by atoms with van der Waals surface area (Å²) in [5.74, 6) is -1.07. The Hall–Kier alpha value is -3.03. The monoisotopic (exact) mass is 365 g/mol. The smallest absolute Gasteiger partial charge is 0.416 e. The minimum atomic E-state index is -4.56. The van der Waals surface area contributed by atoms with Crippen molar-refractivity contribution in [3.63, 3.8) is 0 Å². The van der Waals surface area contributed by atoms with Gasteiger partial charge in [-0.3, -0.25) is 4.79 Å². The normalized spacial score (nSPS) is 16.5. The molecule has 0 saturated heterocycles. The minimum absolute atomic E-state index is 0.139. The highest BCUT2D eigenvalue weighted by atomic mass is 19.4. The van der Waals surface area contributed by atoms with Crippen molar-refractivity contribution in [3.8, 4) is 5.75 Å². The molecule has 3 rings (SSSR count). The number of ether oxygens (including phenoxy) is 2. The number of nitrogens with zero attached hydrogens (tertiary/aromatic N) is 1. The maximum atomic E-state index is 12.9. The predicted octanol–water partition coefficient (Wildman–Crippen LogP) is 3.29. The van der Waals surface area contributed by atoms with E-state index in [2.05, 4.69) is 4.74 Å². The van der Waals surface area contributed by atoms with Crippen molar-refractivity contribution >= 4 is 17.6 Å². The number of benzene rings is 2. The lowest BCUT2D eigenvalue weighted by atomic mass is 10.1. The van der Waals surface area contributed by atoms with Gasteiger partial charge in [0.1, 0.15) is 5.75 Å². The van der Waals surface area contributed by atoms with Gasteiger partial charge in [0, 0.05) is 5.56 Å². The van der Waals surface area contributed by atoms with Gasteiger partial charge in [-0.1, -0.05) is 18.2 Å². The first-order valence-electron chi connectivity index (χ1n) is 7.64. The van der Waals surface area contributed by atoms with E-state index < -0.39 is 29.7 Å². The Bertz CT molecular complexity index is 850. The fraction of sp³-hybridized carbons (Fsp3) is 0.222. The van der Waals surface area contributed by atoms with Crippen LogP contribution in [0.1, 0.15) is 15.9 Å². The molecule has 5 nitrogen and oxygen atoms in total. The molecule has 1 heterocycles. The van der Waals surface area contributed by atoms with Gasteiger partial charge in [0.15, 0.2) is 0 Å². The van der Waals surface area contributed by atoms with Gasteiger partial charge in [0.2, 0.25) is 6.10 Å². The largest absolute Gasteiger partial charge is 0.475 e. The Morgan fingerprint density at radius 2 is 1.88 bits per heavy atom. The first-order valence-corrected chi connectivity index (χ1v) is 7.64. The molecule has 0 bridgehead atoms. The lowest BCUT2D eigenvalue weighted by Gasteiger charge is -2.33. The second-order valence-corrected chi connectivity index (χ2v) is 5.59. The van der Waals surface area contributed by atoms with Gasteiger partial charge in [-0.15, -0.1) is 0 Å². The zero-order valence-electron chi connectivity index (χ0n) is 13.6. The predicted molar refractivity (Wildman–Crippen MR) is 86.0 cm³/mol. The molecule has 1 aliphatic heterocycles. The quantitative estimate of drug-likeness (QED) is 0.767. The summed E-state index contributed by atoms with van der Waals surface area (Å²) < 4.78 is 48.9. The summed E-state index contributed by atoms with van der Waals surface area (Å²) in [6.45, 7) is -0.168. The van der Waals surface area contributed by atoms with Gasteiger partial charge in [-0.05, 0) is 30.3 Å². The van der Waals surface area contributed by atoms with E-state index in [0.29, 0.717) is 5.69 Å². The van der Waals surface area contributed by atoms with E-state index >= 15 is 0 Å². The third-order valence-corrected chi connectivity index (χ3v) is 3.92. The summed E-state index contributed by atoms with van der Waals surface area (Å²) in [5, 5.41) is 0. The van der Waals surface area contributed by atoms with Crippen molar-refractivity contribution < 1.29 is 32.2 Å². The first kappa shape index (κ1) is 17.8. The Kier molecular flexibility index (Phi) is 4.58. The Morgan fingerprint density at radius 3 is 2.58 bits per heavy atom. The number of rotatable bonds is 2. The zero-order chi connectivity index (χ0) is 18.9. The number of methoxy groups -OCH3 is 1. The number of alkyl halides is 3. The molecule has 0 saturated carbocycles. The second-order valence-electron chi connectivity index (χ2n) is 5.59. The van der Waals surface area contributed by atoms with E-state index in [0.717, 1.165) is 12.1 Å². The van der Waals surface area contributed by atoms with E-state index in [9.17, 15) is 22.8 Å². The molecule has 0 radical (unpaired) electrons. The molecule has 1 amide bonds. The molecule has 1 atom stereocenters. The van der Waals surface area contributed by atoms with E-state index in [1.165, 1.54) is 24.1 Å². The lowest BCUT2D eigenvalue weighted by molar-refractivity contribution is -0.148. The van der Waals surface area contributed by atoms with E-state index in [1.807, 2.05) is 0 Å². The number of carbonyl (C=O) groups is 2. The highest BCUT2D eigenvalue weighted by Gasteiger charge is 2.36. The van der Waals surface area contributed by atoms with Crippen LogP contribution < -0.4 is 9.64 Å². The molecule has 8 heteroatoms. The second kappa shape index (κ2) is 6.70. The number of hydrogen-bond donors (Lipinski definition) is 0. The number of anilines is 1. The number of esters is 1. The van der Waals surface area contributed by atoms with Gasteiger partial charge in [0.25, 0.3) is 5.91 Å². The van der Waals surface area contributed by atoms with Crippen LogP contribution in [-0.2, 0) is 15.7 Å². The average Bonchev–Trinajstić information content (AvgIpc) is 2.65. The first-order chi connectivity index (χ1) is 12.3. The Balaban J connectivity index is 1.99. The molecule has 2 aromatic carbocycles. The van der Waals surface area contributed by atoms with Crippen LogP contribution in [0.15, 0.2) is 48.5 Å². The standard InChI is InChI=1S/C18H14F3NO4/c1-25-17(24)15-10-22(13-7-2-3-8-14(13)26-15)16(23)11-5-4-6-12(9-11)18(19,20)21/h2-9,15H,10H2,1H3/t15-/m0/s1. The number of para-hydroxylation sites is 2. The van der Waals surface area contributed by atoms with E-state index in [1.54, 1.807) is 24.3 Å².